The van der Waals surface area contributed by atoms with E-state index in [2.05, 4.69) is 5.32 Å². The summed E-state index contributed by atoms with van der Waals surface area (Å²) >= 11 is 0. The number of benzene rings is 1. The third-order valence-corrected chi connectivity index (χ3v) is 4.10. The predicted octanol–water partition coefficient (Wildman–Crippen LogP) is 3.75. The number of rotatable bonds is 4. The van der Waals surface area contributed by atoms with Crippen molar-refractivity contribution in [3.8, 4) is 0 Å². The molecule has 1 aliphatic rings. The molecular weight excluding hydrogens is 279 g/mol. The number of halogens is 3. The average Bonchev–Trinajstić information content (AvgIpc) is 2.45. The fourth-order valence-corrected chi connectivity index (χ4v) is 2.75. The van der Waals surface area contributed by atoms with Gasteiger partial charge in [0.2, 0.25) is 0 Å². The van der Waals surface area contributed by atoms with E-state index in [0.29, 0.717) is 25.8 Å². The highest BCUT2D eigenvalue weighted by Gasteiger charge is 2.37. The lowest BCUT2D eigenvalue weighted by Gasteiger charge is -2.39. The number of ether oxygens (including phenoxy) is 1. The van der Waals surface area contributed by atoms with E-state index in [-0.39, 0.29) is 5.41 Å². The van der Waals surface area contributed by atoms with Crippen LogP contribution in [0.2, 0.25) is 0 Å². The highest BCUT2D eigenvalue weighted by atomic mass is 19.4. The normalized spacial score (nSPS) is 19.0. The molecule has 0 radical (unpaired) electrons. The predicted molar refractivity (Wildman–Crippen MR) is 76.3 cm³/mol. The molecule has 1 heterocycles. The topological polar surface area (TPSA) is 21.3 Å². The van der Waals surface area contributed by atoms with Crippen LogP contribution in [0.5, 0.6) is 0 Å². The minimum absolute atomic E-state index is 0.274. The Labute approximate surface area is 123 Å². The van der Waals surface area contributed by atoms with Gasteiger partial charge in [-0.25, -0.2) is 0 Å². The molecule has 2 nitrogen and oxygen atoms in total. The molecule has 1 N–H and O–H groups in total. The van der Waals surface area contributed by atoms with Crippen LogP contribution in [0.4, 0.5) is 13.2 Å². The van der Waals surface area contributed by atoms with Crippen LogP contribution in [-0.4, -0.2) is 25.8 Å². The summed E-state index contributed by atoms with van der Waals surface area (Å²) < 4.78 is 44.2. The van der Waals surface area contributed by atoms with Crippen molar-refractivity contribution in [1.82, 2.24) is 5.32 Å². The van der Waals surface area contributed by atoms with Crippen molar-refractivity contribution in [3.63, 3.8) is 0 Å². The van der Waals surface area contributed by atoms with Gasteiger partial charge in [-0.3, -0.25) is 0 Å². The van der Waals surface area contributed by atoms with Gasteiger partial charge in [-0.15, -0.1) is 0 Å². The summed E-state index contributed by atoms with van der Waals surface area (Å²) in [6.07, 6.45) is -2.81. The average molecular weight is 301 g/mol. The molecule has 0 bridgehead atoms. The highest BCUT2D eigenvalue weighted by Crippen LogP contribution is 2.37. The van der Waals surface area contributed by atoms with Crippen LogP contribution in [0.15, 0.2) is 24.3 Å². The molecule has 0 aliphatic carbocycles. The van der Waals surface area contributed by atoms with Gasteiger partial charge in [-0.1, -0.05) is 32.0 Å². The summed E-state index contributed by atoms with van der Waals surface area (Å²) in [5.41, 5.74) is -0.0896. The minimum Gasteiger partial charge on any atom is -0.381 e. The summed E-state index contributed by atoms with van der Waals surface area (Å²) in [4.78, 5) is 0. The first kappa shape index (κ1) is 16.3. The van der Waals surface area contributed by atoms with Crippen molar-refractivity contribution in [2.45, 2.75) is 44.3 Å². The molecule has 0 aromatic heterocycles. The van der Waals surface area contributed by atoms with E-state index >= 15 is 0 Å². The van der Waals surface area contributed by atoms with Gasteiger partial charge in [-0.2, -0.15) is 13.2 Å². The van der Waals surface area contributed by atoms with Gasteiger partial charge in [0.25, 0.3) is 0 Å². The molecule has 0 saturated carbocycles. The first-order chi connectivity index (χ1) is 9.83. The van der Waals surface area contributed by atoms with Gasteiger partial charge < -0.3 is 10.1 Å². The second-order valence-corrected chi connectivity index (χ2v) is 6.01. The SMILES string of the molecule is CC(C)NCC1(c2cccc(C(F)(F)F)c2)CCOCC1. The molecule has 1 aliphatic heterocycles. The first-order valence-corrected chi connectivity index (χ1v) is 7.32. The van der Waals surface area contributed by atoms with Crippen molar-refractivity contribution in [2.24, 2.45) is 0 Å². The minimum atomic E-state index is -4.30. The molecular formula is C16H22F3NO. The van der Waals surface area contributed by atoms with E-state index in [1.165, 1.54) is 12.1 Å². The van der Waals surface area contributed by atoms with Crippen molar-refractivity contribution in [2.75, 3.05) is 19.8 Å². The molecule has 1 saturated heterocycles. The zero-order chi connectivity index (χ0) is 15.5. The maximum Gasteiger partial charge on any atom is 0.416 e. The number of hydrogen-bond acceptors (Lipinski definition) is 2. The Morgan fingerprint density at radius 2 is 1.90 bits per heavy atom. The fourth-order valence-electron chi connectivity index (χ4n) is 2.75. The van der Waals surface area contributed by atoms with Gasteiger partial charge >= 0.3 is 6.18 Å². The largest absolute Gasteiger partial charge is 0.416 e. The van der Waals surface area contributed by atoms with E-state index in [9.17, 15) is 13.2 Å². The van der Waals surface area contributed by atoms with Crippen LogP contribution in [0.1, 0.15) is 37.8 Å². The zero-order valence-electron chi connectivity index (χ0n) is 12.5. The van der Waals surface area contributed by atoms with Crippen LogP contribution in [0.25, 0.3) is 0 Å². The Balaban J connectivity index is 2.32. The number of hydrogen-bond donors (Lipinski definition) is 1. The Morgan fingerprint density at radius 3 is 2.48 bits per heavy atom. The van der Waals surface area contributed by atoms with Crippen molar-refractivity contribution >= 4 is 0 Å². The van der Waals surface area contributed by atoms with Crippen LogP contribution < -0.4 is 5.32 Å². The number of nitrogens with one attached hydrogen (secondary N) is 1. The molecule has 1 aromatic rings. The van der Waals surface area contributed by atoms with Crippen molar-refractivity contribution in [3.05, 3.63) is 35.4 Å². The number of alkyl halides is 3. The van der Waals surface area contributed by atoms with Gasteiger partial charge in [0, 0.05) is 31.2 Å². The molecule has 118 valence electrons. The molecule has 1 aromatic carbocycles. The van der Waals surface area contributed by atoms with E-state index < -0.39 is 11.7 Å². The van der Waals surface area contributed by atoms with E-state index in [1.54, 1.807) is 0 Å². The standard InChI is InChI=1S/C16H22F3NO/c1-12(2)20-11-15(6-8-21-9-7-15)13-4-3-5-14(10-13)16(17,18)19/h3-5,10,12,20H,6-9,11H2,1-2H3. The van der Waals surface area contributed by atoms with Crippen LogP contribution >= 0.6 is 0 Å². The van der Waals surface area contributed by atoms with Gasteiger partial charge in [0.1, 0.15) is 0 Å². The summed E-state index contributed by atoms with van der Waals surface area (Å²) in [6.45, 7) is 5.94. The van der Waals surface area contributed by atoms with Crippen LogP contribution in [-0.2, 0) is 16.3 Å². The van der Waals surface area contributed by atoms with Gasteiger partial charge in [0.05, 0.1) is 5.56 Å². The van der Waals surface area contributed by atoms with Crippen molar-refractivity contribution < 1.29 is 17.9 Å². The van der Waals surface area contributed by atoms with Crippen LogP contribution in [0.3, 0.4) is 0 Å². The Morgan fingerprint density at radius 1 is 1.24 bits per heavy atom. The zero-order valence-corrected chi connectivity index (χ0v) is 12.5. The maximum absolute atomic E-state index is 12.9. The van der Waals surface area contributed by atoms with E-state index in [4.69, 9.17) is 4.74 Å². The Bertz CT molecular complexity index is 465. The van der Waals surface area contributed by atoms with E-state index in [1.807, 2.05) is 19.9 Å². The summed E-state index contributed by atoms with van der Waals surface area (Å²) in [6, 6.07) is 6.04. The van der Waals surface area contributed by atoms with Crippen molar-refractivity contribution in [1.29, 1.82) is 0 Å². The fraction of sp³-hybridized carbons (Fsp3) is 0.625. The van der Waals surface area contributed by atoms with Gasteiger partial charge in [0.15, 0.2) is 0 Å². The quantitative estimate of drug-likeness (QED) is 0.914. The molecule has 0 amide bonds. The lowest BCUT2D eigenvalue weighted by atomic mass is 9.73. The Hall–Kier alpha value is -1.07. The molecule has 0 unspecified atom stereocenters. The van der Waals surface area contributed by atoms with E-state index in [0.717, 1.165) is 24.5 Å². The smallest absolute Gasteiger partial charge is 0.381 e. The summed E-state index contributed by atoms with van der Waals surface area (Å²) in [5, 5.41) is 3.38. The molecule has 1 fully saturated rings. The highest BCUT2D eigenvalue weighted by molar-refractivity contribution is 5.32. The van der Waals surface area contributed by atoms with Gasteiger partial charge in [-0.05, 0) is 24.5 Å². The molecule has 2 rings (SSSR count). The second-order valence-electron chi connectivity index (χ2n) is 6.01. The van der Waals surface area contributed by atoms with Crippen LogP contribution in [0, 0.1) is 0 Å². The maximum atomic E-state index is 12.9. The lowest BCUT2D eigenvalue weighted by molar-refractivity contribution is -0.137. The molecule has 0 spiro atoms. The Kier molecular flexibility index (Phi) is 4.94. The first-order valence-electron chi connectivity index (χ1n) is 7.32. The lowest BCUT2D eigenvalue weighted by Crippen LogP contribution is -2.44. The molecule has 0 atom stereocenters. The summed E-state index contributed by atoms with van der Waals surface area (Å²) in [7, 11) is 0. The summed E-state index contributed by atoms with van der Waals surface area (Å²) in [5.74, 6) is 0. The molecule has 5 heteroatoms. The monoisotopic (exact) mass is 301 g/mol. The second kappa shape index (κ2) is 6.36. The third-order valence-electron chi connectivity index (χ3n) is 4.10. The molecule has 21 heavy (non-hydrogen) atoms. The third kappa shape index (κ3) is 3.98.